The molecule has 0 radical (unpaired) electrons. The number of alkyl halides is 2. The number of methoxy groups -OCH3 is 1. The summed E-state index contributed by atoms with van der Waals surface area (Å²) in [5, 5.41) is 6.30. The molecule has 1 aromatic rings. The van der Waals surface area contributed by atoms with Crippen LogP contribution >= 0.6 is 0 Å². The first kappa shape index (κ1) is 31.9. The zero-order valence-electron chi connectivity index (χ0n) is 25.0. The minimum atomic E-state index is -3.02. The molecule has 40 heavy (non-hydrogen) atoms. The number of aryl methyl sites for hydroxylation is 1. The summed E-state index contributed by atoms with van der Waals surface area (Å²) >= 11 is 0. The van der Waals surface area contributed by atoms with Crippen molar-refractivity contribution < 1.29 is 23.0 Å². The van der Waals surface area contributed by atoms with Crippen molar-refractivity contribution in [2.75, 3.05) is 50.6 Å². The third-order valence-corrected chi connectivity index (χ3v) is 7.12. The van der Waals surface area contributed by atoms with E-state index in [1.165, 1.54) is 24.2 Å². The van der Waals surface area contributed by atoms with Crippen LogP contribution in [0.5, 0.6) is 0 Å². The van der Waals surface area contributed by atoms with Crippen molar-refractivity contribution in [1.82, 2.24) is 20.2 Å². The Hall–Kier alpha value is -2.63. The number of carbonyl (C=O) groups is 1. The molecule has 1 saturated carbocycles. The smallest absolute Gasteiger partial charge is 0.283 e. The SMILES string of the molecule is C1CC1.CC.CC.COC1CN(c2ncc(C)c(NC3=CC=C4C(C3)C3NCC(F)(F)COC3C(=O)N4C)n2)C1. The molecule has 3 atom stereocenters. The summed E-state index contributed by atoms with van der Waals surface area (Å²) in [5.41, 5.74) is 2.57. The van der Waals surface area contributed by atoms with Gasteiger partial charge in [0.2, 0.25) is 5.95 Å². The lowest BCUT2D eigenvalue weighted by Gasteiger charge is -2.44. The normalized spacial score (nSPS) is 26.3. The van der Waals surface area contributed by atoms with E-state index in [2.05, 4.69) is 20.6 Å². The Kier molecular flexibility index (Phi) is 11.4. The highest BCUT2D eigenvalue weighted by Crippen LogP contribution is 2.38. The highest BCUT2D eigenvalue weighted by molar-refractivity contribution is 5.85. The van der Waals surface area contributed by atoms with Gasteiger partial charge in [-0.1, -0.05) is 47.0 Å². The van der Waals surface area contributed by atoms with Gasteiger partial charge in [-0.3, -0.25) is 4.79 Å². The number of likely N-dealkylation sites (tertiary alicyclic amines) is 1. The fourth-order valence-electron chi connectivity index (χ4n) is 4.73. The van der Waals surface area contributed by atoms with Gasteiger partial charge in [0.25, 0.3) is 11.8 Å². The molecule has 1 aromatic heterocycles. The molecule has 6 rings (SSSR count). The van der Waals surface area contributed by atoms with E-state index in [-0.39, 0.29) is 17.9 Å². The highest BCUT2D eigenvalue weighted by Gasteiger charge is 2.50. The summed E-state index contributed by atoms with van der Waals surface area (Å²) in [6.45, 7) is 10.1. The van der Waals surface area contributed by atoms with Crippen LogP contribution in [0.25, 0.3) is 0 Å². The number of ether oxygens (including phenoxy) is 2. The number of fused-ring (bicyclic) bond motifs is 3. The van der Waals surface area contributed by atoms with Gasteiger partial charge in [-0.15, -0.1) is 0 Å². The maximum Gasteiger partial charge on any atom is 0.283 e. The number of aromatic nitrogens is 2. The van der Waals surface area contributed by atoms with Crippen LogP contribution in [0.15, 0.2) is 29.7 Å². The second-order valence-electron chi connectivity index (χ2n) is 10.1. The molecule has 9 nitrogen and oxygen atoms in total. The van der Waals surface area contributed by atoms with E-state index in [4.69, 9.17) is 9.47 Å². The summed E-state index contributed by atoms with van der Waals surface area (Å²) in [6.07, 6.45) is 9.83. The zero-order valence-corrected chi connectivity index (χ0v) is 25.0. The van der Waals surface area contributed by atoms with Gasteiger partial charge in [-0.2, -0.15) is 4.98 Å². The molecule has 2 N–H and O–H groups in total. The van der Waals surface area contributed by atoms with Gasteiger partial charge in [0.15, 0.2) is 6.10 Å². The number of hydrogen-bond acceptors (Lipinski definition) is 8. The van der Waals surface area contributed by atoms with Crippen LogP contribution in [-0.2, 0) is 14.3 Å². The first-order valence-electron chi connectivity index (χ1n) is 14.6. The van der Waals surface area contributed by atoms with Gasteiger partial charge in [0.1, 0.15) is 12.4 Å². The molecule has 2 aliphatic carbocycles. The van der Waals surface area contributed by atoms with Gasteiger partial charge >= 0.3 is 0 Å². The van der Waals surface area contributed by atoms with Crippen LogP contribution in [0.1, 0.15) is 58.9 Å². The Morgan fingerprint density at radius 2 is 1.82 bits per heavy atom. The van der Waals surface area contributed by atoms with E-state index in [0.29, 0.717) is 18.2 Å². The Morgan fingerprint density at radius 1 is 1.15 bits per heavy atom. The van der Waals surface area contributed by atoms with Crippen molar-refractivity contribution in [3.05, 3.63) is 35.3 Å². The Labute approximate surface area is 237 Å². The summed E-state index contributed by atoms with van der Waals surface area (Å²) in [6, 6.07) is -0.534. The predicted molar refractivity (Wildman–Crippen MR) is 153 cm³/mol. The molecule has 0 spiro atoms. The van der Waals surface area contributed by atoms with Crippen LogP contribution in [0, 0.1) is 12.8 Å². The molecule has 3 saturated heterocycles. The lowest BCUT2D eigenvalue weighted by atomic mass is 9.80. The van der Waals surface area contributed by atoms with Crippen LogP contribution in [0.2, 0.25) is 0 Å². The molecule has 11 heteroatoms. The molecule has 0 aromatic carbocycles. The summed E-state index contributed by atoms with van der Waals surface area (Å²) in [7, 11) is 3.36. The molecular weight excluding hydrogens is 518 g/mol. The number of halogens is 2. The molecule has 1 amide bonds. The van der Waals surface area contributed by atoms with Crippen molar-refractivity contribution >= 4 is 17.7 Å². The third-order valence-electron chi connectivity index (χ3n) is 7.12. The summed E-state index contributed by atoms with van der Waals surface area (Å²) < 4.78 is 38.7. The van der Waals surface area contributed by atoms with Crippen molar-refractivity contribution in [3.8, 4) is 0 Å². The van der Waals surface area contributed by atoms with Gasteiger partial charge in [-0.25, -0.2) is 13.8 Å². The number of likely N-dealkylation sites (N-methyl/N-ethyl adjacent to an activating group) is 1. The van der Waals surface area contributed by atoms with Crippen molar-refractivity contribution in [1.29, 1.82) is 0 Å². The second kappa shape index (κ2) is 14.3. The Morgan fingerprint density at radius 3 is 2.45 bits per heavy atom. The second-order valence-corrected chi connectivity index (χ2v) is 10.1. The summed E-state index contributed by atoms with van der Waals surface area (Å²) in [5.74, 6) is -2.19. The van der Waals surface area contributed by atoms with Crippen LogP contribution in [-0.4, -0.2) is 85.3 Å². The lowest BCUT2D eigenvalue weighted by Crippen LogP contribution is -2.59. The Balaban J connectivity index is 0.000000569. The fraction of sp³-hybridized carbons (Fsp3) is 0.690. The monoisotopic (exact) mass is 564 g/mol. The van der Waals surface area contributed by atoms with E-state index in [9.17, 15) is 13.6 Å². The number of carbonyl (C=O) groups excluding carboxylic acids is 1. The van der Waals surface area contributed by atoms with E-state index in [0.717, 1.165) is 30.0 Å². The predicted octanol–water partition coefficient (Wildman–Crippen LogP) is 4.51. The fourth-order valence-corrected chi connectivity index (χ4v) is 4.73. The molecular formula is C29H46F2N6O3. The average Bonchev–Trinajstić information content (AvgIpc) is 3.83. The lowest BCUT2D eigenvalue weighted by molar-refractivity contribution is -0.152. The Bertz CT molecular complexity index is 1060. The number of anilines is 2. The number of allylic oxidation sites excluding steroid dienone is 3. The van der Waals surface area contributed by atoms with Crippen LogP contribution < -0.4 is 15.5 Å². The minimum Gasteiger partial charge on any atom is -0.378 e. The van der Waals surface area contributed by atoms with Crippen LogP contribution in [0.4, 0.5) is 20.5 Å². The number of amides is 1. The number of hydrogen-bond donors (Lipinski definition) is 2. The molecule has 4 heterocycles. The largest absolute Gasteiger partial charge is 0.378 e. The van der Waals surface area contributed by atoms with Gasteiger partial charge in [0, 0.05) is 56.3 Å². The quantitative estimate of drug-likeness (QED) is 0.552. The average molecular weight is 565 g/mol. The first-order chi connectivity index (χ1) is 19.3. The van der Waals surface area contributed by atoms with Gasteiger partial charge in [-0.05, 0) is 25.5 Å². The third kappa shape index (κ3) is 7.55. The van der Waals surface area contributed by atoms with Gasteiger partial charge < -0.3 is 29.9 Å². The number of nitrogens with one attached hydrogen (secondary N) is 2. The van der Waals surface area contributed by atoms with Crippen molar-refractivity contribution in [2.24, 2.45) is 5.92 Å². The molecule has 5 aliphatic rings. The van der Waals surface area contributed by atoms with Gasteiger partial charge in [0.05, 0.1) is 18.7 Å². The zero-order chi connectivity index (χ0) is 29.4. The minimum absolute atomic E-state index is 0.191. The van der Waals surface area contributed by atoms with Crippen LogP contribution in [0.3, 0.4) is 0 Å². The van der Waals surface area contributed by atoms with E-state index >= 15 is 0 Å². The maximum atomic E-state index is 14.0. The van der Waals surface area contributed by atoms with E-state index in [1.807, 2.05) is 51.7 Å². The van der Waals surface area contributed by atoms with E-state index < -0.39 is 31.2 Å². The van der Waals surface area contributed by atoms with E-state index in [1.54, 1.807) is 20.4 Å². The first-order valence-corrected chi connectivity index (χ1v) is 14.6. The number of rotatable bonds is 4. The molecule has 224 valence electrons. The molecule has 3 aliphatic heterocycles. The summed E-state index contributed by atoms with van der Waals surface area (Å²) in [4.78, 5) is 25.5. The topological polar surface area (TPSA) is 91.8 Å². The maximum absolute atomic E-state index is 14.0. The van der Waals surface area contributed by atoms with Crippen molar-refractivity contribution in [2.45, 2.75) is 84.5 Å². The standard InChI is InChI=1S/C22H28F2N6O3.C3H6.2C2H6/c1-12-7-25-21(30-8-14(9-30)32-3)28-19(12)27-13-4-5-16-15(6-13)17-18(20(31)29(16)2)33-11-22(23,24)10-26-17;1-2-3-1;2*1-2/h4-5,7,14-15,17-18,26H,6,8-11H2,1-3H3,(H,25,27,28);1-3H2;2*1-2H3. The highest BCUT2D eigenvalue weighted by atomic mass is 19.3. The number of nitrogens with zero attached hydrogens (tertiary/aromatic N) is 4. The molecule has 0 bridgehead atoms. The molecule has 3 unspecified atom stereocenters. The number of piperidine rings is 1. The van der Waals surface area contributed by atoms with Crippen molar-refractivity contribution in [3.63, 3.8) is 0 Å². The molecule has 4 fully saturated rings.